The molecule has 0 aliphatic rings. The number of hydrogen-bond donors (Lipinski definition) is 2. The lowest BCUT2D eigenvalue weighted by Gasteiger charge is -2.10. The third kappa shape index (κ3) is 5.06. The van der Waals surface area contributed by atoms with E-state index in [1.807, 2.05) is 18.2 Å². The lowest BCUT2D eigenvalue weighted by Crippen LogP contribution is -2.20. The van der Waals surface area contributed by atoms with E-state index >= 15 is 0 Å². The minimum atomic E-state index is -3.25. The van der Waals surface area contributed by atoms with Crippen LogP contribution < -0.4 is 10.0 Å². The van der Waals surface area contributed by atoms with Crippen molar-refractivity contribution in [2.24, 2.45) is 0 Å². The number of benzene rings is 2. The van der Waals surface area contributed by atoms with Gasteiger partial charge in [-0.05, 0) is 52.3 Å². The molecule has 0 aliphatic heterocycles. The Kier molecular flexibility index (Phi) is 5.77. The van der Waals surface area contributed by atoms with Gasteiger partial charge in [0, 0.05) is 16.7 Å². The van der Waals surface area contributed by atoms with Crippen LogP contribution in [0.5, 0.6) is 0 Å². The molecule has 0 atom stereocenters. The molecule has 120 valence electrons. The summed E-state index contributed by atoms with van der Waals surface area (Å²) in [6, 6.07) is 14.8. The molecule has 23 heavy (non-hydrogen) atoms. The fourth-order valence-corrected chi connectivity index (χ4v) is 3.26. The molecule has 0 unspecified atom stereocenters. The van der Waals surface area contributed by atoms with Gasteiger partial charge in [-0.1, -0.05) is 24.3 Å². The lowest BCUT2D eigenvalue weighted by molar-refractivity contribution is 0.587. The number of halogens is 1. The van der Waals surface area contributed by atoms with Crippen molar-refractivity contribution in [3.8, 4) is 6.07 Å². The Morgan fingerprint density at radius 3 is 2.35 bits per heavy atom. The normalized spacial score (nSPS) is 11.0. The molecule has 0 aromatic heterocycles. The van der Waals surface area contributed by atoms with Gasteiger partial charge in [0.05, 0.1) is 17.4 Å². The summed E-state index contributed by atoms with van der Waals surface area (Å²) in [4.78, 5) is 0. The summed E-state index contributed by atoms with van der Waals surface area (Å²) in [6.07, 6.45) is 0. The fraction of sp³-hybridized carbons (Fsp3) is 0.188. The predicted octanol–water partition coefficient (Wildman–Crippen LogP) is 2.98. The molecule has 0 saturated carbocycles. The van der Waals surface area contributed by atoms with Gasteiger partial charge in [0.15, 0.2) is 0 Å². The highest BCUT2D eigenvalue weighted by molar-refractivity contribution is 9.10. The second-order valence-corrected chi connectivity index (χ2v) is 7.72. The Balaban J connectivity index is 2.01. The monoisotopic (exact) mass is 393 g/mol. The maximum absolute atomic E-state index is 11.5. The number of nitriles is 1. The van der Waals surface area contributed by atoms with E-state index < -0.39 is 10.0 Å². The minimum Gasteiger partial charge on any atom is -0.380 e. The standard InChI is InChI=1S/C16H16BrN3O2S/c1-19-23(21,22)11-13-4-2-12(3-5-13)10-20-16-7-6-14(9-18)8-15(16)17/h2-8,19-20H,10-11H2,1H3. The zero-order chi connectivity index (χ0) is 16.9. The number of nitrogens with zero attached hydrogens (tertiary/aromatic N) is 1. The van der Waals surface area contributed by atoms with Crippen molar-refractivity contribution in [3.63, 3.8) is 0 Å². The highest BCUT2D eigenvalue weighted by Gasteiger charge is 2.08. The first-order valence-electron chi connectivity index (χ1n) is 6.86. The van der Waals surface area contributed by atoms with Crippen molar-refractivity contribution < 1.29 is 8.42 Å². The van der Waals surface area contributed by atoms with E-state index in [1.54, 1.807) is 24.3 Å². The molecule has 2 N–H and O–H groups in total. The Labute approximate surface area is 144 Å². The van der Waals surface area contributed by atoms with Gasteiger partial charge >= 0.3 is 0 Å². The zero-order valence-corrected chi connectivity index (χ0v) is 14.9. The second-order valence-electron chi connectivity index (χ2n) is 4.94. The first-order chi connectivity index (χ1) is 10.9. The summed E-state index contributed by atoms with van der Waals surface area (Å²) < 4.78 is 26.1. The smallest absolute Gasteiger partial charge is 0.215 e. The molecule has 0 amide bonds. The Hall–Kier alpha value is -1.88. The van der Waals surface area contributed by atoms with E-state index in [0.29, 0.717) is 12.1 Å². The van der Waals surface area contributed by atoms with Gasteiger partial charge in [-0.3, -0.25) is 0 Å². The first kappa shape index (κ1) is 17.5. The predicted molar refractivity (Wildman–Crippen MR) is 94.3 cm³/mol. The molecule has 0 bridgehead atoms. The average Bonchev–Trinajstić information content (AvgIpc) is 2.54. The van der Waals surface area contributed by atoms with Crippen molar-refractivity contribution in [3.05, 3.63) is 63.6 Å². The summed E-state index contributed by atoms with van der Waals surface area (Å²) >= 11 is 3.43. The summed E-state index contributed by atoms with van der Waals surface area (Å²) in [5, 5.41) is 12.1. The van der Waals surface area contributed by atoms with Crippen LogP contribution in [0.15, 0.2) is 46.9 Å². The fourth-order valence-electron chi connectivity index (χ4n) is 1.97. The molecule has 2 aromatic carbocycles. The number of sulfonamides is 1. The first-order valence-corrected chi connectivity index (χ1v) is 9.30. The zero-order valence-electron chi connectivity index (χ0n) is 12.5. The Morgan fingerprint density at radius 1 is 1.13 bits per heavy atom. The van der Waals surface area contributed by atoms with E-state index in [9.17, 15) is 8.42 Å². The van der Waals surface area contributed by atoms with Gasteiger partial charge in [-0.15, -0.1) is 0 Å². The van der Waals surface area contributed by atoms with E-state index in [1.165, 1.54) is 7.05 Å². The molecule has 0 saturated heterocycles. The third-order valence-electron chi connectivity index (χ3n) is 3.27. The average molecular weight is 394 g/mol. The lowest BCUT2D eigenvalue weighted by atomic mass is 10.1. The van der Waals surface area contributed by atoms with Crippen LogP contribution in [0.1, 0.15) is 16.7 Å². The molecule has 2 rings (SSSR count). The van der Waals surface area contributed by atoms with E-state index in [2.05, 4.69) is 32.0 Å². The van der Waals surface area contributed by atoms with E-state index in [-0.39, 0.29) is 5.75 Å². The number of nitrogens with one attached hydrogen (secondary N) is 2. The van der Waals surface area contributed by atoms with Crippen LogP contribution in [0.3, 0.4) is 0 Å². The Bertz CT molecular complexity index is 827. The van der Waals surface area contributed by atoms with Crippen molar-refractivity contribution >= 4 is 31.6 Å². The molecule has 0 heterocycles. The quantitative estimate of drug-likeness (QED) is 0.789. The number of anilines is 1. The molecule has 5 nitrogen and oxygen atoms in total. The molecule has 7 heteroatoms. The van der Waals surface area contributed by atoms with Crippen LogP contribution in [0.4, 0.5) is 5.69 Å². The molecule has 0 fully saturated rings. The molecular weight excluding hydrogens is 378 g/mol. The maximum atomic E-state index is 11.5. The van der Waals surface area contributed by atoms with E-state index in [4.69, 9.17) is 5.26 Å². The van der Waals surface area contributed by atoms with Gasteiger partial charge in [0.25, 0.3) is 0 Å². The minimum absolute atomic E-state index is 0.0294. The third-order valence-corrected chi connectivity index (χ3v) is 5.26. The number of hydrogen-bond acceptors (Lipinski definition) is 4. The summed E-state index contributed by atoms with van der Waals surface area (Å²) in [5.74, 6) is -0.0294. The van der Waals surface area contributed by atoms with Gasteiger partial charge in [-0.2, -0.15) is 5.26 Å². The second kappa shape index (κ2) is 7.59. The molecular formula is C16H16BrN3O2S. The van der Waals surface area contributed by atoms with Gasteiger partial charge in [-0.25, -0.2) is 13.1 Å². The van der Waals surface area contributed by atoms with Crippen molar-refractivity contribution in [1.29, 1.82) is 5.26 Å². The van der Waals surface area contributed by atoms with Crippen molar-refractivity contribution in [2.45, 2.75) is 12.3 Å². The van der Waals surface area contributed by atoms with Crippen molar-refractivity contribution in [2.75, 3.05) is 12.4 Å². The highest BCUT2D eigenvalue weighted by atomic mass is 79.9. The molecule has 0 radical (unpaired) electrons. The largest absolute Gasteiger partial charge is 0.380 e. The maximum Gasteiger partial charge on any atom is 0.215 e. The van der Waals surface area contributed by atoms with Gasteiger partial charge in [0.1, 0.15) is 0 Å². The van der Waals surface area contributed by atoms with Gasteiger partial charge in [0.2, 0.25) is 10.0 Å². The summed E-state index contributed by atoms with van der Waals surface area (Å²) in [7, 11) is -1.85. The topological polar surface area (TPSA) is 82.0 Å². The van der Waals surface area contributed by atoms with Crippen LogP contribution in [0.2, 0.25) is 0 Å². The SMILES string of the molecule is CNS(=O)(=O)Cc1ccc(CNc2ccc(C#N)cc2Br)cc1. The molecule has 2 aromatic rings. The van der Waals surface area contributed by atoms with E-state index in [0.717, 1.165) is 21.3 Å². The van der Waals surface area contributed by atoms with Crippen LogP contribution >= 0.6 is 15.9 Å². The number of rotatable bonds is 6. The van der Waals surface area contributed by atoms with Crippen molar-refractivity contribution in [1.82, 2.24) is 4.72 Å². The summed E-state index contributed by atoms with van der Waals surface area (Å²) in [6.45, 7) is 0.601. The highest BCUT2D eigenvalue weighted by Crippen LogP contribution is 2.24. The van der Waals surface area contributed by atoms with Crippen LogP contribution in [0.25, 0.3) is 0 Å². The summed E-state index contributed by atoms with van der Waals surface area (Å²) in [5.41, 5.74) is 3.26. The van der Waals surface area contributed by atoms with Crippen LogP contribution in [-0.4, -0.2) is 15.5 Å². The molecule has 0 aliphatic carbocycles. The van der Waals surface area contributed by atoms with Crippen LogP contribution in [0, 0.1) is 11.3 Å². The van der Waals surface area contributed by atoms with Crippen LogP contribution in [-0.2, 0) is 22.3 Å². The van der Waals surface area contributed by atoms with Gasteiger partial charge < -0.3 is 5.32 Å². The Morgan fingerprint density at radius 2 is 1.78 bits per heavy atom. The molecule has 0 spiro atoms.